The number of hydrogen-bond donors (Lipinski definition) is 1. The standard InChI is InChI=1S/C16H14FN5O2S/c17-12-6-8-13(9-7-12)18-16(23)24-10-11-25-15-19-20-21-22(15)14-4-2-1-3-5-14/h1-9H,10-11H2,(H,18,23). The third-order valence-electron chi connectivity index (χ3n) is 3.08. The highest BCUT2D eigenvalue weighted by atomic mass is 32.2. The molecule has 0 radical (unpaired) electrons. The summed E-state index contributed by atoms with van der Waals surface area (Å²) in [6, 6.07) is 14.9. The second kappa shape index (κ2) is 8.25. The number of hydrogen-bond acceptors (Lipinski definition) is 6. The molecule has 0 saturated heterocycles. The van der Waals surface area contributed by atoms with Gasteiger partial charge in [0.1, 0.15) is 12.4 Å². The van der Waals surface area contributed by atoms with Gasteiger partial charge in [-0.3, -0.25) is 5.32 Å². The zero-order valence-electron chi connectivity index (χ0n) is 13.0. The number of thioether (sulfide) groups is 1. The average molecular weight is 359 g/mol. The van der Waals surface area contributed by atoms with E-state index in [1.807, 2.05) is 30.3 Å². The average Bonchev–Trinajstić information content (AvgIpc) is 3.10. The maximum absolute atomic E-state index is 12.8. The summed E-state index contributed by atoms with van der Waals surface area (Å²) in [5.74, 6) is 0.121. The summed E-state index contributed by atoms with van der Waals surface area (Å²) >= 11 is 1.37. The van der Waals surface area contributed by atoms with Crippen LogP contribution in [0, 0.1) is 5.82 Å². The van der Waals surface area contributed by atoms with Gasteiger partial charge in [0, 0.05) is 11.4 Å². The van der Waals surface area contributed by atoms with E-state index < -0.39 is 6.09 Å². The first kappa shape index (κ1) is 16.9. The van der Waals surface area contributed by atoms with E-state index >= 15 is 0 Å². The summed E-state index contributed by atoms with van der Waals surface area (Å²) in [4.78, 5) is 11.7. The normalized spacial score (nSPS) is 10.4. The number of tetrazole rings is 1. The van der Waals surface area contributed by atoms with E-state index in [1.54, 1.807) is 4.68 Å². The van der Waals surface area contributed by atoms with Gasteiger partial charge in [0.05, 0.1) is 5.69 Å². The van der Waals surface area contributed by atoms with Crippen LogP contribution < -0.4 is 5.32 Å². The molecule has 0 bridgehead atoms. The SMILES string of the molecule is O=C(Nc1ccc(F)cc1)OCCSc1nnnn1-c1ccccc1. The van der Waals surface area contributed by atoms with Crippen molar-refractivity contribution in [3.05, 3.63) is 60.4 Å². The molecule has 0 atom stereocenters. The summed E-state index contributed by atoms with van der Waals surface area (Å²) in [7, 11) is 0. The molecule has 1 N–H and O–H groups in total. The number of ether oxygens (including phenoxy) is 1. The fraction of sp³-hybridized carbons (Fsp3) is 0.125. The van der Waals surface area contributed by atoms with Gasteiger partial charge in [-0.05, 0) is 46.8 Å². The highest BCUT2D eigenvalue weighted by molar-refractivity contribution is 7.99. The van der Waals surface area contributed by atoms with E-state index in [9.17, 15) is 9.18 Å². The van der Waals surface area contributed by atoms with Crippen molar-refractivity contribution >= 4 is 23.5 Å². The summed E-state index contributed by atoms with van der Waals surface area (Å²) in [6.45, 7) is 0.180. The molecule has 7 nitrogen and oxygen atoms in total. The van der Waals surface area contributed by atoms with Crippen LogP contribution >= 0.6 is 11.8 Å². The van der Waals surface area contributed by atoms with Crippen molar-refractivity contribution in [3.8, 4) is 5.69 Å². The molecule has 0 spiro atoms. The molecule has 3 rings (SSSR count). The Labute approximate surface area is 147 Å². The van der Waals surface area contributed by atoms with Crippen LogP contribution in [0.4, 0.5) is 14.9 Å². The van der Waals surface area contributed by atoms with Crippen molar-refractivity contribution in [2.24, 2.45) is 0 Å². The zero-order valence-corrected chi connectivity index (χ0v) is 13.8. The van der Waals surface area contributed by atoms with Crippen molar-refractivity contribution in [2.45, 2.75) is 5.16 Å². The fourth-order valence-corrected chi connectivity index (χ4v) is 2.66. The summed E-state index contributed by atoms with van der Waals surface area (Å²) in [6.07, 6.45) is -0.602. The molecule has 128 valence electrons. The van der Waals surface area contributed by atoms with Crippen molar-refractivity contribution in [3.63, 3.8) is 0 Å². The maximum atomic E-state index is 12.8. The van der Waals surface area contributed by atoms with Crippen LogP contribution in [0.25, 0.3) is 5.69 Å². The third kappa shape index (κ3) is 4.77. The Morgan fingerprint density at radius 3 is 2.68 bits per heavy atom. The number of nitrogens with one attached hydrogen (secondary N) is 1. The molecule has 0 aliphatic heterocycles. The van der Waals surface area contributed by atoms with Crippen LogP contribution in [0.3, 0.4) is 0 Å². The maximum Gasteiger partial charge on any atom is 0.411 e. The van der Waals surface area contributed by atoms with Crippen LogP contribution in [0.5, 0.6) is 0 Å². The smallest absolute Gasteiger partial charge is 0.411 e. The van der Waals surface area contributed by atoms with Crippen molar-refractivity contribution < 1.29 is 13.9 Å². The molecule has 2 aromatic carbocycles. The fourth-order valence-electron chi connectivity index (χ4n) is 1.95. The summed E-state index contributed by atoms with van der Waals surface area (Å²) in [5.41, 5.74) is 1.32. The number of halogens is 1. The Morgan fingerprint density at radius 2 is 1.92 bits per heavy atom. The molecule has 0 aliphatic rings. The van der Waals surface area contributed by atoms with Crippen LogP contribution in [0.2, 0.25) is 0 Å². The monoisotopic (exact) mass is 359 g/mol. The zero-order chi connectivity index (χ0) is 17.5. The van der Waals surface area contributed by atoms with E-state index in [4.69, 9.17) is 4.74 Å². The predicted molar refractivity (Wildman–Crippen MR) is 91.2 cm³/mol. The van der Waals surface area contributed by atoms with Crippen LogP contribution in [0.15, 0.2) is 59.8 Å². The van der Waals surface area contributed by atoms with E-state index in [2.05, 4.69) is 20.8 Å². The summed E-state index contributed by atoms with van der Waals surface area (Å²) in [5, 5.41) is 14.7. The number of benzene rings is 2. The molecule has 25 heavy (non-hydrogen) atoms. The largest absolute Gasteiger partial charge is 0.448 e. The first-order chi connectivity index (χ1) is 12.2. The van der Waals surface area contributed by atoms with Gasteiger partial charge >= 0.3 is 6.09 Å². The Hall–Kier alpha value is -2.94. The number of amides is 1. The number of rotatable bonds is 6. The minimum atomic E-state index is -0.602. The molecule has 0 aliphatic carbocycles. The predicted octanol–water partition coefficient (Wildman–Crippen LogP) is 3.14. The Kier molecular flexibility index (Phi) is 5.57. The van der Waals surface area contributed by atoms with Gasteiger partial charge in [-0.25, -0.2) is 9.18 Å². The van der Waals surface area contributed by atoms with Crippen molar-refractivity contribution in [1.82, 2.24) is 20.2 Å². The van der Waals surface area contributed by atoms with Gasteiger partial charge in [0.25, 0.3) is 0 Å². The lowest BCUT2D eigenvalue weighted by atomic mass is 10.3. The van der Waals surface area contributed by atoms with Crippen molar-refractivity contribution in [1.29, 1.82) is 0 Å². The Bertz CT molecular complexity index is 826. The first-order valence-electron chi connectivity index (χ1n) is 7.38. The van der Waals surface area contributed by atoms with E-state index in [1.165, 1.54) is 36.0 Å². The Morgan fingerprint density at radius 1 is 1.16 bits per heavy atom. The molecule has 1 amide bonds. The van der Waals surface area contributed by atoms with Crippen LogP contribution in [-0.4, -0.2) is 38.7 Å². The Balaban J connectivity index is 1.45. The van der Waals surface area contributed by atoms with Gasteiger partial charge in [0.15, 0.2) is 0 Å². The molecule has 3 aromatic rings. The van der Waals surface area contributed by atoms with E-state index in [0.717, 1.165) is 5.69 Å². The van der Waals surface area contributed by atoms with Gasteiger partial charge < -0.3 is 4.74 Å². The van der Waals surface area contributed by atoms with Gasteiger partial charge in [0.2, 0.25) is 5.16 Å². The molecule has 9 heteroatoms. The molecular weight excluding hydrogens is 345 g/mol. The lowest BCUT2D eigenvalue weighted by Crippen LogP contribution is -2.15. The topological polar surface area (TPSA) is 81.9 Å². The number of para-hydroxylation sites is 1. The molecule has 0 unspecified atom stereocenters. The first-order valence-corrected chi connectivity index (χ1v) is 8.37. The molecule has 0 fully saturated rings. The van der Waals surface area contributed by atoms with E-state index in [-0.39, 0.29) is 12.4 Å². The van der Waals surface area contributed by atoms with Gasteiger partial charge in [-0.1, -0.05) is 30.0 Å². The van der Waals surface area contributed by atoms with Crippen molar-refractivity contribution in [2.75, 3.05) is 17.7 Å². The molecule has 1 aromatic heterocycles. The lowest BCUT2D eigenvalue weighted by molar-refractivity contribution is 0.169. The minimum absolute atomic E-state index is 0.180. The molecular formula is C16H14FN5O2S. The number of carbonyl (C=O) groups is 1. The number of nitrogens with zero attached hydrogens (tertiary/aromatic N) is 4. The number of carbonyl (C=O) groups excluding carboxylic acids is 1. The second-order valence-corrected chi connectivity index (χ2v) is 5.89. The molecule has 0 saturated carbocycles. The highest BCUT2D eigenvalue weighted by Crippen LogP contribution is 2.17. The van der Waals surface area contributed by atoms with Gasteiger partial charge in [-0.15, -0.1) is 5.10 Å². The minimum Gasteiger partial charge on any atom is -0.448 e. The van der Waals surface area contributed by atoms with Crippen LogP contribution in [-0.2, 0) is 4.74 Å². The lowest BCUT2D eigenvalue weighted by Gasteiger charge is -2.07. The second-order valence-electron chi connectivity index (χ2n) is 4.83. The highest BCUT2D eigenvalue weighted by Gasteiger charge is 2.09. The van der Waals surface area contributed by atoms with Gasteiger partial charge in [-0.2, -0.15) is 4.68 Å². The third-order valence-corrected chi connectivity index (χ3v) is 3.96. The molecule has 1 heterocycles. The summed E-state index contributed by atoms with van der Waals surface area (Å²) < 4.78 is 19.5. The quantitative estimate of drug-likeness (QED) is 0.538. The number of anilines is 1. The number of aromatic nitrogens is 4. The van der Waals surface area contributed by atoms with E-state index in [0.29, 0.717) is 16.6 Å². The van der Waals surface area contributed by atoms with Crippen LogP contribution in [0.1, 0.15) is 0 Å².